The number of benzene rings is 2. The number of aromatic nitrogens is 2. The number of carbonyl (C=O) groups is 1. The van der Waals surface area contributed by atoms with Gasteiger partial charge in [0.25, 0.3) is 5.56 Å². The topological polar surface area (TPSA) is 61.2 Å². The van der Waals surface area contributed by atoms with Gasteiger partial charge in [0.2, 0.25) is 0 Å². The first-order valence-electron chi connectivity index (χ1n) is 9.65. The van der Waals surface area contributed by atoms with E-state index in [1.54, 1.807) is 29.7 Å². The molecule has 0 aliphatic heterocycles. The quantitative estimate of drug-likeness (QED) is 0.200. The third-order valence-electron chi connectivity index (χ3n) is 4.54. The van der Waals surface area contributed by atoms with Crippen molar-refractivity contribution in [1.29, 1.82) is 0 Å². The molecule has 0 aliphatic rings. The third kappa shape index (κ3) is 5.28. The minimum absolute atomic E-state index is 0.165. The van der Waals surface area contributed by atoms with E-state index in [0.29, 0.717) is 52.8 Å². The lowest BCUT2D eigenvalue weighted by molar-refractivity contribution is 0.0993. The van der Waals surface area contributed by atoms with Crippen LogP contribution in [0.5, 0.6) is 0 Å². The highest BCUT2D eigenvalue weighted by molar-refractivity contribution is 8.00. The number of hydrogen-bond acceptors (Lipinski definition) is 5. The van der Waals surface area contributed by atoms with Crippen molar-refractivity contribution < 1.29 is 13.9 Å². The summed E-state index contributed by atoms with van der Waals surface area (Å²) in [7, 11) is 0. The largest absolute Gasteiger partial charge is 0.382 e. The molecule has 3 aromatic rings. The lowest BCUT2D eigenvalue weighted by Gasteiger charge is -2.16. The fourth-order valence-electron chi connectivity index (χ4n) is 2.99. The molecule has 0 saturated carbocycles. The van der Waals surface area contributed by atoms with Crippen LogP contribution in [0.4, 0.5) is 4.39 Å². The molecular formula is C22H22ClFN2O3S. The van der Waals surface area contributed by atoms with Crippen LogP contribution in [0.2, 0.25) is 5.02 Å². The van der Waals surface area contributed by atoms with E-state index in [9.17, 15) is 14.0 Å². The van der Waals surface area contributed by atoms with Gasteiger partial charge in [0.05, 0.1) is 16.2 Å². The first-order chi connectivity index (χ1) is 14.4. The van der Waals surface area contributed by atoms with Gasteiger partial charge in [0, 0.05) is 30.3 Å². The van der Waals surface area contributed by atoms with E-state index in [0.717, 1.165) is 0 Å². The summed E-state index contributed by atoms with van der Waals surface area (Å²) in [5, 5.41) is 0.874. The molecule has 1 aromatic heterocycles. The van der Waals surface area contributed by atoms with E-state index in [4.69, 9.17) is 16.3 Å². The highest BCUT2D eigenvalue weighted by Gasteiger charge is 2.21. The Labute approximate surface area is 183 Å². The zero-order valence-electron chi connectivity index (χ0n) is 16.7. The molecule has 5 nitrogen and oxygen atoms in total. The molecule has 1 atom stereocenters. The average Bonchev–Trinajstić information content (AvgIpc) is 2.72. The number of ketones is 1. The number of Topliss-reactive ketones (excluding diaryl/α,β-unsaturated/α-hetero) is 1. The van der Waals surface area contributed by atoms with Crippen LogP contribution in [-0.4, -0.2) is 33.8 Å². The third-order valence-corrected chi connectivity index (χ3v) is 5.86. The second kappa shape index (κ2) is 10.2. The summed E-state index contributed by atoms with van der Waals surface area (Å²) in [6.45, 7) is 5.21. The molecular weight excluding hydrogens is 427 g/mol. The van der Waals surface area contributed by atoms with E-state index in [1.165, 1.54) is 36.0 Å². The van der Waals surface area contributed by atoms with Crippen LogP contribution in [-0.2, 0) is 11.3 Å². The summed E-state index contributed by atoms with van der Waals surface area (Å²) in [4.78, 5) is 30.5. The van der Waals surface area contributed by atoms with Gasteiger partial charge in [-0.2, -0.15) is 0 Å². The predicted octanol–water partition coefficient (Wildman–Crippen LogP) is 4.98. The smallest absolute Gasteiger partial charge is 0.262 e. The molecule has 0 saturated heterocycles. The molecule has 0 aliphatic carbocycles. The van der Waals surface area contributed by atoms with Crippen molar-refractivity contribution in [1.82, 2.24) is 9.55 Å². The van der Waals surface area contributed by atoms with Crippen LogP contribution in [0.1, 0.15) is 30.6 Å². The van der Waals surface area contributed by atoms with Crippen molar-refractivity contribution >= 4 is 40.0 Å². The molecule has 3 rings (SSSR count). The average molecular weight is 449 g/mol. The van der Waals surface area contributed by atoms with Gasteiger partial charge in [0.15, 0.2) is 10.9 Å². The maximum absolute atomic E-state index is 13.2. The summed E-state index contributed by atoms with van der Waals surface area (Å²) < 4.78 is 20.1. The van der Waals surface area contributed by atoms with Gasteiger partial charge in [-0.05, 0) is 62.7 Å². The van der Waals surface area contributed by atoms with Crippen LogP contribution < -0.4 is 5.56 Å². The Morgan fingerprint density at radius 2 is 2.00 bits per heavy atom. The van der Waals surface area contributed by atoms with Gasteiger partial charge in [-0.1, -0.05) is 23.4 Å². The number of fused-ring (bicyclic) bond motifs is 1. The predicted molar refractivity (Wildman–Crippen MR) is 118 cm³/mol. The first-order valence-corrected chi connectivity index (χ1v) is 10.9. The summed E-state index contributed by atoms with van der Waals surface area (Å²) in [5.41, 5.74) is 0.708. The molecule has 0 spiro atoms. The molecule has 0 amide bonds. The van der Waals surface area contributed by atoms with Crippen LogP contribution in [0.3, 0.4) is 0 Å². The van der Waals surface area contributed by atoms with Gasteiger partial charge in [-0.3, -0.25) is 14.2 Å². The maximum atomic E-state index is 13.2. The summed E-state index contributed by atoms with van der Waals surface area (Å²) in [5.74, 6) is -0.565. The molecule has 30 heavy (non-hydrogen) atoms. The zero-order valence-corrected chi connectivity index (χ0v) is 18.3. The normalized spacial score (nSPS) is 12.3. The number of thioether (sulfide) groups is 1. The molecule has 1 unspecified atom stereocenters. The fourth-order valence-corrected chi connectivity index (χ4v) is 4.17. The summed E-state index contributed by atoms with van der Waals surface area (Å²) in [6.07, 6.45) is 0.641. The van der Waals surface area contributed by atoms with Gasteiger partial charge in [-0.25, -0.2) is 9.37 Å². The van der Waals surface area contributed by atoms with Crippen molar-refractivity contribution in [2.75, 3.05) is 13.2 Å². The molecule has 0 radical (unpaired) electrons. The van der Waals surface area contributed by atoms with Gasteiger partial charge < -0.3 is 4.74 Å². The van der Waals surface area contributed by atoms with Gasteiger partial charge >= 0.3 is 0 Å². The number of ether oxygens (including phenoxy) is 1. The van der Waals surface area contributed by atoms with Crippen molar-refractivity contribution in [3.8, 4) is 0 Å². The number of nitrogens with zero attached hydrogens (tertiary/aromatic N) is 2. The van der Waals surface area contributed by atoms with Gasteiger partial charge in [-0.15, -0.1) is 0 Å². The van der Waals surface area contributed by atoms with Crippen molar-refractivity contribution in [3.63, 3.8) is 0 Å². The molecule has 0 bridgehead atoms. The second-order valence-electron chi connectivity index (χ2n) is 6.69. The summed E-state index contributed by atoms with van der Waals surface area (Å²) >= 11 is 7.27. The van der Waals surface area contributed by atoms with E-state index < -0.39 is 11.1 Å². The minimum Gasteiger partial charge on any atom is -0.382 e. The van der Waals surface area contributed by atoms with Crippen molar-refractivity contribution in [3.05, 3.63) is 69.2 Å². The minimum atomic E-state index is -0.517. The monoisotopic (exact) mass is 448 g/mol. The molecule has 0 fully saturated rings. The molecule has 1 heterocycles. The van der Waals surface area contributed by atoms with E-state index >= 15 is 0 Å². The maximum Gasteiger partial charge on any atom is 0.262 e. The standard InChI is InChI=1S/C22H22ClFN2O3S/c1-3-29-12-4-11-26-21(28)18-10-7-16(23)13-19(18)25-22(26)30-14(2)20(27)15-5-8-17(24)9-6-15/h5-10,13-14H,3-4,11-12H2,1-2H3. The number of hydrogen-bond donors (Lipinski definition) is 0. The Balaban J connectivity index is 1.94. The van der Waals surface area contributed by atoms with Gasteiger partial charge in [0.1, 0.15) is 5.82 Å². The second-order valence-corrected chi connectivity index (χ2v) is 8.44. The SMILES string of the molecule is CCOCCCn1c(SC(C)C(=O)c2ccc(F)cc2)nc2cc(Cl)ccc2c1=O. The number of rotatable bonds is 9. The van der Waals surface area contributed by atoms with Crippen molar-refractivity contribution in [2.45, 2.75) is 37.2 Å². The van der Waals surface area contributed by atoms with Crippen LogP contribution in [0.25, 0.3) is 10.9 Å². The lowest BCUT2D eigenvalue weighted by Crippen LogP contribution is -2.25. The van der Waals surface area contributed by atoms with Crippen LogP contribution in [0, 0.1) is 5.82 Å². The van der Waals surface area contributed by atoms with E-state index in [2.05, 4.69) is 4.98 Å². The Morgan fingerprint density at radius 3 is 2.70 bits per heavy atom. The Bertz CT molecular complexity index is 1100. The van der Waals surface area contributed by atoms with E-state index in [-0.39, 0.29) is 11.3 Å². The Kier molecular flexibility index (Phi) is 7.64. The number of carbonyl (C=O) groups excluding carboxylic acids is 1. The molecule has 8 heteroatoms. The zero-order chi connectivity index (χ0) is 21.7. The van der Waals surface area contributed by atoms with Crippen LogP contribution in [0.15, 0.2) is 52.4 Å². The number of halogens is 2. The first kappa shape index (κ1) is 22.5. The fraction of sp³-hybridized carbons (Fsp3) is 0.318. The van der Waals surface area contributed by atoms with Crippen molar-refractivity contribution in [2.24, 2.45) is 0 Å². The molecule has 158 valence electrons. The Morgan fingerprint density at radius 1 is 1.27 bits per heavy atom. The highest BCUT2D eigenvalue weighted by atomic mass is 35.5. The highest BCUT2D eigenvalue weighted by Crippen LogP contribution is 2.26. The summed E-state index contributed by atoms with van der Waals surface area (Å²) in [6, 6.07) is 10.4. The molecule has 0 N–H and O–H groups in total. The Hall–Kier alpha value is -2.22. The lowest BCUT2D eigenvalue weighted by atomic mass is 10.1. The molecule has 2 aromatic carbocycles. The van der Waals surface area contributed by atoms with E-state index in [1.807, 2.05) is 6.92 Å². The van der Waals surface area contributed by atoms with Crippen LogP contribution >= 0.6 is 23.4 Å².